The number of benzene rings is 1. The van der Waals surface area contributed by atoms with Gasteiger partial charge in [0.1, 0.15) is 0 Å². The fraction of sp³-hybridized carbons (Fsp3) is 0.400. The van der Waals surface area contributed by atoms with E-state index in [-0.39, 0.29) is 5.91 Å². The van der Waals surface area contributed by atoms with Crippen LogP contribution in [0.2, 0.25) is 0 Å². The molecule has 0 aromatic heterocycles. The quantitative estimate of drug-likeness (QED) is 0.662. The topological polar surface area (TPSA) is 32.3 Å². The first kappa shape index (κ1) is 15.4. The number of carbonyl (C=O) groups is 1. The van der Waals surface area contributed by atoms with Crippen LogP contribution in [0.15, 0.2) is 24.3 Å². The Bertz CT molecular complexity index is 457. The van der Waals surface area contributed by atoms with Crippen LogP contribution in [-0.2, 0) is 4.79 Å². The Morgan fingerprint density at radius 1 is 1.32 bits per heavy atom. The van der Waals surface area contributed by atoms with E-state index in [0.717, 1.165) is 11.3 Å². The zero-order chi connectivity index (χ0) is 14.1. The second kappa shape index (κ2) is 8.44. The van der Waals surface area contributed by atoms with Gasteiger partial charge in [-0.05, 0) is 30.7 Å². The third-order valence-corrected chi connectivity index (χ3v) is 2.80. The summed E-state index contributed by atoms with van der Waals surface area (Å²) in [5, 5.41) is 2.74. The highest BCUT2D eigenvalue weighted by atomic mass is 35.5. The van der Waals surface area contributed by atoms with Crippen LogP contribution in [-0.4, -0.2) is 32.4 Å². The number of nitrogens with one attached hydrogen (secondary N) is 1. The average molecular weight is 279 g/mol. The summed E-state index contributed by atoms with van der Waals surface area (Å²) < 4.78 is 0. The maximum Gasteiger partial charge on any atom is 0.220 e. The van der Waals surface area contributed by atoms with Crippen LogP contribution in [0.25, 0.3) is 0 Å². The van der Waals surface area contributed by atoms with Gasteiger partial charge < -0.3 is 10.2 Å². The number of rotatable bonds is 5. The molecule has 0 saturated heterocycles. The van der Waals surface area contributed by atoms with Crippen LogP contribution in [0, 0.1) is 11.8 Å². The summed E-state index contributed by atoms with van der Waals surface area (Å²) in [5.74, 6) is 6.45. The Hall–Kier alpha value is -1.66. The minimum absolute atomic E-state index is 0.00194. The van der Waals surface area contributed by atoms with E-state index >= 15 is 0 Å². The van der Waals surface area contributed by atoms with Gasteiger partial charge in [-0.15, -0.1) is 11.6 Å². The molecule has 0 atom stereocenters. The first-order chi connectivity index (χ1) is 9.13. The molecular formula is C15H19ClN2O. The zero-order valence-corrected chi connectivity index (χ0v) is 12.1. The van der Waals surface area contributed by atoms with Crippen LogP contribution < -0.4 is 10.2 Å². The molecule has 0 bridgehead atoms. The van der Waals surface area contributed by atoms with Crippen LogP contribution in [0.3, 0.4) is 0 Å². The maximum atomic E-state index is 11.3. The highest BCUT2D eigenvalue weighted by Crippen LogP contribution is 2.11. The van der Waals surface area contributed by atoms with Gasteiger partial charge in [-0.1, -0.05) is 11.8 Å². The monoisotopic (exact) mass is 278 g/mol. The lowest BCUT2D eigenvalue weighted by Crippen LogP contribution is -2.23. The molecule has 4 heteroatoms. The van der Waals surface area contributed by atoms with E-state index < -0.39 is 0 Å². The largest absolute Gasteiger partial charge is 0.378 e. The summed E-state index contributed by atoms with van der Waals surface area (Å²) in [7, 11) is 3.99. The fourth-order valence-corrected chi connectivity index (χ4v) is 1.58. The van der Waals surface area contributed by atoms with Crippen LogP contribution in [0.5, 0.6) is 0 Å². The highest BCUT2D eigenvalue weighted by molar-refractivity contribution is 6.17. The number of hydrogen-bond donors (Lipinski definition) is 1. The summed E-state index contributed by atoms with van der Waals surface area (Å²) in [4.78, 5) is 13.3. The standard InChI is InChI=1S/C15H19ClN2O/c1-18(2)14-9-7-13(8-10-14)5-4-12-17-15(19)6-3-11-16/h7-10H,3,6,11-12H2,1-2H3,(H,17,19). The van der Waals surface area contributed by atoms with Crippen molar-refractivity contribution < 1.29 is 4.79 Å². The Morgan fingerprint density at radius 2 is 2.00 bits per heavy atom. The van der Waals surface area contributed by atoms with Crippen molar-refractivity contribution in [1.29, 1.82) is 0 Å². The van der Waals surface area contributed by atoms with Crippen LogP contribution in [0.1, 0.15) is 18.4 Å². The summed E-state index contributed by atoms with van der Waals surface area (Å²) in [6, 6.07) is 7.97. The number of hydrogen-bond acceptors (Lipinski definition) is 2. The molecule has 0 aliphatic rings. The van der Waals surface area contributed by atoms with Crippen molar-refractivity contribution in [3.63, 3.8) is 0 Å². The molecule has 1 N–H and O–H groups in total. The van der Waals surface area contributed by atoms with E-state index in [0.29, 0.717) is 25.3 Å². The Morgan fingerprint density at radius 3 is 2.58 bits per heavy atom. The van der Waals surface area contributed by atoms with Gasteiger partial charge in [0.2, 0.25) is 5.91 Å². The third kappa shape index (κ3) is 6.17. The predicted octanol–water partition coefficient (Wildman–Crippen LogP) is 2.24. The molecule has 0 spiro atoms. The van der Waals surface area contributed by atoms with E-state index in [4.69, 9.17) is 11.6 Å². The molecular weight excluding hydrogens is 260 g/mol. The van der Waals surface area contributed by atoms with E-state index in [1.165, 1.54) is 0 Å². The lowest BCUT2D eigenvalue weighted by Gasteiger charge is -2.11. The summed E-state index contributed by atoms with van der Waals surface area (Å²) in [6.07, 6.45) is 1.16. The number of halogens is 1. The van der Waals surface area contributed by atoms with Gasteiger partial charge in [-0.3, -0.25) is 4.79 Å². The lowest BCUT2D eigenvalue weighted by molar-refractivity contribution is -0.120. The molecule has 0 heterocycles. The van der Waals surface area contributed by atoms with Crippen molar-refractivity contribution in [2.75, 3.05) is 31.4 Å². The van der Waals surface area contributed by atoms with E-state index in [1.807, 2.05) is 43.3 Å². The fourth-order valence-electron chi connectivity index (χ4n) is 1.45. The van der Waals surface area contributed by atoms with Crippen LogP contribution >= 0.6 is 11.6 Å². The van der Waals surface area contributed by atoms with Crippen molar-refractivity contribution in [2.45, 2.75) is 12.8 Å². The normalized spacial score (nSPS) is 9.42. The Kier molecular flexibility index (Phi) is 6.84. The minimum atomic E-state index is -0.00194. The SMILES string of the molecule is CN(C)c1ccc(C#CCNC(=O)CCCCl)cc1. The number of alkyl halides is 1. The van der Waals surface area contributed by atoms with Gasteiger partial charge in [0.25, 0.3) is 0 Å². The third-order valence-electron chi connectivity index (χ3n) is 2.53. The molecule has 1 aromatic carbocycles. The Balaban J connectivity index is 2.39. The zero-order valence-electron chi connectivity index (χ0n) is 11.4. The first-order valence-corrected chi connectivity index (χ1v) is 6.76. The molecule has 102 valence electrons. The van der Waals surface area contributed by atoms with Gasteiger partial charge in [0.05, 0.1) is 6.54 Å². The maximum absolute atomic E-state index is 11.3. The number of amides is 1. The van der Waals surface area contributed by atoms with Gasteiger partial charge in [-0.2, -0.15) is 0 Å². The molecule has 19 heavy (non-hydrogen) atoms. The second-order valence-electron chi connectivity index (χ2n) is 4.31. The molecule has 0 aliphatic carbocycles. The molecule has 0 unspecified atom stereocenters. The summed E-state index contributed by atoms with van der Waals surface area (Å²) in [5.41, 5.74) is 2.08. The van der Waals surface area contributed by atoms with Crippen molar-refractivity contribution in [3.05, 3.63) is 29.8 Å². The highest BCUT2D eigenvalue weighted by Gasteiger charge is 1.97. The summed E-state index contributed by atoms with van der Waals surface area (Å²) in [6.45, 7) is 0.372. The van der Waals surface area contributed by atoms with E-state index in [1.54, 1.807) is 0 Å². The molecule has 1 amide bonds. The lowest BCUT2D eigenvalue weighted by atomic mass is 10.2. The van der Waals surface area contributed by atoms with Gasteiger partial charge in [0.15, 0.2) is 0 Å². The minimum Gasteiger partial charge on any atom is -0.378 e. The number of anilines is 1. The van der Waals surface area contributed by atoms with Crippen molar-refractivity contribution in [1.82, 2.24) is 5.32 Å². The van der Waals surface area contributed by atoms with E-state index in [2.05, 4.69) is 17.2 Å². The van der Waals surface area contributed by atoms with Crippen molar-refractivity contribution in [3.8, 4) is 11.8 Å². The molecule has 0 fully saturated rings. The van der Waals surface area contributed by atoms with Crippen molar-refractivity contribution in [2.24, 2.45) is 0 Å². The predicted molar refractivity (Wildman–Crippen MR) is 80.6 cm³/mol. The summed E-state index contributed by atoms with van der Waals surface area (Å²) >= 11 is 5.51. The number of carbonyl (C=O) groups excluding carboxylic acids is 1. The van der Waals surface area contributed by atoms with Gasteiger partial charge in [-0.25, -0.2) is 0 Å². The Labute approximate surface area is 119 Å². The first-order valence-electron chi connectivity index (χ1n) is 6.22. The molecule has 3 nitrogen and oxygen atoms in total. The van der Waals surface area contributed by atoms with Gasteiger partial charge in [0, 0.05) is 37.6 Å². The average Bonchev–Trinajstić information content (AvgIpc) is 2.41. The molecule has 0 aliphatic heterocycles. The van der Waals surface area contributed by atoms with Crippen LogP contribution in [0.4, 0.5) is 5.69 Å². The molecule has 1 rings (SSSR count). The smallest absolute Gasteiger partial charge is 0.220 e. The number of nitrogens with zero attached hydrogens (tertiary/aromatic N) is 1. The molecule has 1 aromatic rings. The van der Waals surface area contributed by atoms with Crippen molar-refractivity contribution >= 4 is 23.2 Å². The molecule has 0 saturated carbocycles. The van der Waals surface area contributed by atoms with Gasteiger partial charge >= 0.3 is 0 Å². The second-order valence-corrected chi connectivity index (χ2v) is 4.69. The molecule has 0 radical (unpaired) electrons. The van der Waals surface area contributed by atoms with E-state index in [9.17, 15) is 4.79 Å².